The van der Waals surface area contributed by atoms with Gasteiger partial charge in [-0.3, -0.25) is 33.8 Å². The zero-order valence-corrected chi connectivity index (χ0v) is 28.7. The number of amides is 5. The topological polar surface area (TPSA) is 180 Å². The summed E-state index contributed by atoms with van der Waals surface area (Å²) in [5.41, 5.74) is -0.678. The molecule has 1 aliphatic carbocycles. The molecule has 1 saturated carbocycles. The number of ketones is 1. The van der Waals surface area contributed by atoms with Crippen LogP contribution < -0.4 is 21.3 Å². The maximum Gasteiger partial charge on any atom is 0.289 e. The molecule has 47 heavy (non-hydrogen) atoms. The SMILES string of the molecule is CC[C@H](C)NC(=O)C(=O)[C@@H]1CCC2C[C@H]3CN(C(=O)[C@@H](NC(=O)[C@@H](NC(=O)c4cnccn4)[C@@H](C)CC)C(C)(C)C)[C@H](C(=O)N1)[C@H]3C2. The van der Waals surface area contributed by atoms with Gasteiger partial charge >= 0.3 is 0 Å². The van der Waals surface area contributed by atoms with E-state index in [1.54, 1.807) is 4.90 Å². The second kappa shape index (κ2) is 14.9. The molecule has 0 aromatic carbocycles. The molecular formula is C34H51N7O6. The van der Waals surface area contributed by atoms with E-state index in [4.69, 9.17) is 0 Å². The molecule has 9 atom stereocenters. The molecule has 5 amide bonds. The first-order chi connectivity index (χ1) is 22.2. The Bertz CT molecular complexity index is 1350. The minimum Gasteiger partial charge on any atom is -0.347 e. The molecule has 2 aliphatic heterocycles. The highest BCUT2D eigenvalue weighted by molar-refractivity contribution is 6.38. The van der Waals surface area contributed by atoms with Gasteiger partial charge in [0.05, 0.1) is 12.2 Å². The van der Waals surface area contributed by atoms with Crippen LogP contribution in [0.5, 0.6) is 0 Å². The van der Waals surface area contributed by atoms with Crippen LogP contribution in [-0.2, 0) is 24.0 Å². The van der Waals surface area contributed by atoms with E-state index in [-0.39, 0.29) is 35.4 Å². The Kier molecular flexibility index (Phi) is 11.4. The predicted octanol–water partition coefficient (Wildman–Crippen LogP) is 1.77. The van der Waals surface area contributed by atoms with Crippen molar-refractivity contribution in [2.24, 2.45) is 29.1 Å². The van der Waals surface area contributed by atoms with E-state index in [0.29, 0.717) is 32.2 Å². The van der Waals surface area contributed by atoms with Crippen LogP contribution in [0.15, 0.2) is 18.6 Å². The third kappa shape index (κ3) is 8.16. The van der Waals surface area contributed by atoms with Crippen molar-refractivity contribution in [3.8, 4) is 0 Å². The van der Waals surface area contributed by atoms with Crippen molar-refractivity contribution < 1.29 is 28.8 Å². The zero-order chi connectivity index (χ0) is 34.6. The van der Waals surface area contributed by atoms with Crippen molar-refractivity contribution in [2.45, 2.75) is 117 Å². The smallest absolute Gasteiger partial charge is 0.289 e. The Balaban J connectivity index is 1.56. The predicted molar refractivity (Wildman–Crippen MR) is 173 cm³/mol. The molecule has 13 nitrogen and oxygen atoms in total. The molecule has 0 spiro atoms. The second-order valence-electron chi connectivity index (χ2n) is 14.7. The van der Waals surface area contributed by atoms with Crippen LogP contribution >= 0.6 is 0 Å². The molecule has 1 aromatic heterocycles. The van der Waals surface area contributed by atoms with Gasteiger partial charge in [-0.15, -0.1) is 0 Å². The van der Waals surface area contributed by atoms with Crippen LogP contribution in [0, 0.1) is 29.1 Å². The largest absolute Gasteiger partial charge is 0.347 e. The van der Waals surface area contributed by atoms with Crippen molar-refractivity contribution in [1.29, 1.82) is 0 Å². The van der Waals surface area contributed by atoms with Gasteiger partial charge in [-0.25, -0.2) is 4.98 Å². The molecule has 13 heteroatoms. The number of likely N-dealkylation sites (tertiary alicyclic amines) is 1. The van der Waals surface area contributed by atoms with E-state index in [1.165, 1.54) is 18.6 Å². The van der Waals surface area contributed by atoms with Gasteiger partial charge in [0.25, 0.3) is 11.8 Å². The van der Waals surface area contributed by atoms with Crippen molar-refractivity contribution >= 4 is 35.3 Å². The number of nitrogens with one attached hydrogen (secondary N) is 4. The van der Waals surface area contributed by atoms with Gasteiger partial charge in [-0.2, -0.15) is 0 Å². The van der Waals surface area contributed by atoms with Gasteiger partial charge in [0.1, 0.15) is 23.8 Å². The standard InChI is InChI=1S/C34H51N7O6/c1-8-18(3)25(39-29(43)24-16-35-12-13-36-24)30(44)40-28(34(5,6)7)33(47)41-17-21-14-20-10-11-23(27(42)32(46)37-19(4)9-2)38-31(45)26(41)22(21)15-20/h12-13,16,18-23,25-26,28H,8-11,14-15,17H2,1-7H3,(H,37,46)(H,38,45)(H,39,43)(H,40,44)/t18-,19-,20?,21-,22-,23-,25-,26-,28+/m0/s1. The molecule has 0 radical (unpaired) electrons. The molecule has 1 unspecified atom stereocenters. The van der Waals surface area contributed by atoms with Crippen LogP contribution in [0.1, 0.15) is 97.5 Å². The van der Waals surface area contributed by atoms with Crippen LogP contribution in [0.4, 0.5) is 0 Å². The van der Waals surface area contributed by atoms with Crippen molar-refractivity contribution in [3.63, 3.8) is 0 Å². The van der Waals surface area contributed by atoms with Gasteiger partial charge in [-0.1, -0.05) is 48.0 Å². The van der Waals surface area contributed by atoms with E-state index in [9.17, 15) is 28.8 Å². The molecule has 4 N–H and O–H groups in total. The van der Waals surface area contributed by atoms with E-state index in [2.05, 4.69) is 31.2 Å². The van der Waals surface area contributed by atoms with Crippen LogP contribution in [-0.4, -0.2) is 86.9 Å². The number of aromatic nitrogens is 2. The molecule has 4 rings (SSSR count). The third-order valence-electron chi connectivity index (χ3n) is 10.3. The zero-order valence-electron chi connectivity index (χ0n) is 28.7. The summed E-state index contributed by atoms with van der Waals surface area (Å²) in [6.07, 6.45) is 8.05. The van der Waals surface area contributed by atoms with E-state index < -0.39 is 64.9 Å². The van der Waals surface area contributed by atoms with E-state index >= 15 is 0 Å². The summed E-state index contributed by atoms with van der Waals surface area (Å²) < 4.78 is 0. The summed E-state index contributed by atoms with van der Waals surface area (Å²) in [5.74, 6) is -3.23. The van der Waals surface area contributed by atoms with Crippen molar-refractivity contribution in [1.82, 2.24) is 36.1 Å². The fraction of sp³-hybridized carbons (Fsp3) is 0.706. The van der Waals surface area contributed by atoms with Crippen LogP contribution in [0.2, 0.25) is 0 Å². The summed E-state index contributed by atoms with van der Waals surface area (Å²) in [7, 11) is 0. The normalized spacial score (nSPS) is 26.4. The Labute approximate surface area is 277 Å². The number of carbonyl (C=O) groups excluding carboxylic acids is 6. The number of fused-ring (bicyclic) bond motifs is 1. The number of hydrogen-bond donors (Lipinski definition) is 4. The number of Topliss-reactive ketones (excluding diaryl/α,β-unsaturated/α-hetero) is 1. The number of nitrogens with zero attached hydrogens (tertiary/aromatic N) is 3. The summed E-state index contributed by atoms with van der Waals surface area (Å²) >= 11 is 0. The Hall–Kier alpha value is -3.90. The van der Waals surface area contributed by atoms with Gasteiger partial charge < -0.3 is 26.2 Å². The number of carbonyl (C=O) groups is 6. The van der Waals surface area contributed by atoms with E-state index in [0.717, 1.165) is 12.8 Å². The molecule has 258 valence electrons. The van der Waals surface area contributed by atoms with Crippen molar-refractivity contribution in [3.05, 3.63) is 24.3 Å². The lowest BCUT2D eigenvalue weighted by molar-refractivity contribution is -0.146. The average molecular weight is 654 g/mol. The molecule has 3 fully saturated rings. The van der Waals surface area contributed by atoms with Crippen molar-refractivity contribution in [2.75, 3.05) is 6.54 Å². The van der Waals surface area contributed by atoms with E-state index in [1.807, 2.05) is 48.5 Å². The highest BCUT2D eigenvalue weighted by Gasteiger charge is 2.55. The fourth-order valence-electron chi connectivity index (χ4n) is 7.13. The monoisotopic (exact) mass is 653 g/mol. The van der Waals surface area contributed by atoms with Gasteiger partial charge in [0.15, 0.2) is 0 Å². The van der Waals surface area contributed by atoms with Gasteiger partial charge in [-0.05, 0) is 68.1 Å². The lowest BCUT2D eigenvalue weighted by atomic mass is 9.84. The summed E-state index contributed by atoms with van der Waals surface area (Å²) in [6, 6.07) is -3.94. The Morgan fingerprint density at radius 3 is 2.34 bits per heavy atom. The molecule has 2 saturated heterocycles. The maximum atomic E-state index is 14.5. The maximum absolute atomic E-state index is 14.5. The summed E-state index contributed by atoms with van der Waals surface area (Å²) in [4.78, 5) is 90.6. The lowest BCUT2D eigenvalue weighted by Crippen LogP contribution is -2.62. The third-order valence-corrected chi connectivity index (χ3v) is 10.3. The molecule has 3 heterocycles. The Morgan fingerprint density at radius 2 is 1.72 bits per heavy atom. The fourth-order valence-corrected chi connectivity index (χ4v) is 7.13. The molecule has 3 aliphatic rings. The average Bonchev–Trinajstić information content (AvgIpc) is 3.61. The van der Waals surface area contributed by atoms with Crippen LogP contribution in [0.25, 0.3) is 0 Å². The highest BCUT2D eigenvalue weighted by atomic mass is 16.2. The number of hydrogen-bond acceptors (Lipinski definition) is 8. The van der Waals surface area contributed by atoms with Crippen LogP contribution in [0.3, 0.4) is 0 Å². The summed E-state index contributed by atoms with van der Waals surface area (Å²) in [6.45, 7) is 13.4. The summed E-state index contributed by atoms with van der Waals surface area (Å²) in [5, 5.41) is 11.2. The quantitative estimate of drug-likeness (QED) is 0.261. The lowest BCUT2D eigenvalue weighted by Gasteiger charge is -2.37. The molecule has 1 aromatic rings. The highest BCUT2D eigenvalue weighted by Crippen LogP contribution is 2.48. The first-order valence-corrected chi connectivity index (χ1v) is 17.0. The Morgan fingerprint density at radius 1 is 1.00 bits per heavy atom. The second-order valence-corrected chi connectivity index (χ2v) is 14.7. The minimum absolute atomic E-state index is 0.0688. The first kappa shape index (κ1) is 35.9. The first-order valence-electron chi connectivity index (χ1n) is 17.0. The molecular weight excluding hydrogens is 602 g/mol. The van der Waals surface area contributed by atoms with Gasteiger partial charge in [0, 0.05) is 25.0 Å². The van der Waals surface area contributed by atoms with Gasteiger partial charge in [0.2, 0.25) is 23.5 Å². The molecule has 2 bridgehead atoms. The minimum atomic E-state index is -1.01. The number of rotatable bonds is 11.